The molecule has 0 spiro atoms. The smallest absolute Gasteiger partial charge is 0.167 e. The number of halogens is 2. The number of rotatable bonds is 3. The van der Waals surface area contributed by atoms with Crippen LogP contribution in [-0.4, -0.2) is 20.2 Å². The lowest BCUT2D eigenvalue weighted by Crippen LogP contribution is -2.33. The lowest BCUT2D eigenvalue weighted by Gasteiger charge is -2.33. The number of ether oxygens (including phenoxy) is 1. The number of pyridine rings is 1. The van der Waals surface area contributed by atoms with Gasteiger partial charge < -0.3 is 4.74 Å². The number of thioether (sulfide) groups is 1. The number of hydrogen-bond donors (Lipinski definition) is 0. The predicted octanol–water partition coefficient (Wildman–Crippen LogP) is 5.05. The van der Waals surface area contributed by atoms with Crippen molar-refractivity contribution in [2.24, 2.45) is 0 Å². The lowest BCUT2D eigenvalue weighted by molar-refractivity contribution is -0.0398. The molecular formula is C19H16Cl2N4OS. The van der Waals surface area contributed by atoms with E-state index in [1.807, 2.05) is 30.4 Å². The molecular weight excluding hydrogens is 403 g/mol. The lowest BCUT2D eigenvalue weighted by atomic mass is 9.90. The molecule has 0 aliphatic carbocycles. The first-order chi connectivity index (χ1) is 12.9. The van der Waals surface area contributed by atoms with Gasteiger partial charge in [-0.25, -0.2) is 0 Å². The second kappa shape index (κ2) is 6.99. The minimum Gasteiger partial charge on any atom is -0.370 e. The molecule has 1 aromatic carbocycles. The average molecular weight is 419 g/mol. The van der Waals surface area contributed by atoms with Crippen LogP contribution in [0.25, 0.3) is 5.65 Å². The number of fused-ring (bicyclic) bond motifs is 3. The third-order valence-electron chi connectivity index (χ3n) is 4.60. The van der Waals surface area contributed by atoms with Gasteiger partial charge in [0.1, 0.15) is 17.4 Å². The van der Waals surface area contributed by atoms with E-state index in [0.29, 0.717) is 34.4 Å². The number of hydrogen-bond acceptors (Lipinski definition) is 5. The Morgan fingerprint density at radius 2 is 2.11 bits per heavy atom. The Kier molecular flexibility index (Phi) is 4.81. The van der Waals surface area contributed by atoms with Crippen molar-refractivity contribution in [3.8, 4) is 6.07 Å². The zero-order chi connectivity index (χ0) is 19.2. The fraction of sp³-hybridized carbons (Fsp3) is 0.316. The van der Waals surface area contributed by atoms with E-state index in [0.717, 1.165) is 27.4 Å². The van der Waals surface area contributed by atoms with E-state index in [1.54, 1.807) is 24.2 Å². The van der Waals surface area contributed by atoms with Crippen molar-refractivity contribution in [3.05, 3.63) is 56.8 Å². The van der Waals surface area contributed by atoms with Gasteiger partial charge in [-0.05, 0) is 37.1 Å². The van der Waals surface area contributed by atoms with Crippen molar-refractivity contribution in [2.45, 2.75) is 43.3 Å². The van der Waals surface area contributed by atoms with Crippen LogP contribution in [0.15, 0.2) is 29.6 Å². The van der Waals surface area contributed by atoms with Gasteiger partial charge in [-0.15, -0.1) is 22.0 Å². The van der Waals surface area contributed by atoms with Gasteiger partial charge >= 0.3 is 0 Å². The topological polar surface area (TPSA) is 63.2 Å². The number of nitriles is 1. The van der Waals surface area contributed by atoms with Crippen LogP contribution in [0.4, 0.5) is 0 Å². The molecule has 1 aliphatic rings. The summed E-state index contributed by atoms with van der Waals surface area (Å²) in [5.74, 6) is 0.650. The minimum absolute atomic E-state index is 0.317. The molecule has 3 heterocycles. The van der Waals surface area contributed by atoms with Crippen LogP contribution < -0.4 is 0 Å². The van der Waals surface area contributed by atoms with Crippen molar-refractivity contribution in [3.63, 3.8) is 0 Å². The molecule has 0 amide bonds. The summed E-state index contributed by atoms with van der Waals surface area (Å²) in [6, 6.07) is 7.97. The molecule has 2 aromatic heterocycles. The average Bonchev–Trinajstić information content (AvgIpc) is 3.10. The molecule has 0 bridgehead atoms. The van der Waals surface area contributed by atoms with Gasteiger partial charge in [-0.1, -0.05) is 29.3 Å². The number of aromatic nitrogens is 3. The highest BCUT2D eigenvalue weighted by Gasteiger charge is 2.32. The minimum atomic E-state index is -0.317. The standard InChI is InChI=1S/C19H16Cl2N4OS/c1-19(2)6-12-13(7-22)18(25-10-23-24-17(25)14(12)8-26-19)27-9-11-3-4-15(20)16(21)5-11/h3-5,10H,6,8-9H2,1-2H3. The Bertz CT molecular complexity index is 1090. The maximum Gasteiger partial charge on any atom is 0.167 e. The second-order valence-electron chi connectivity index (χ2n) is 7.04. The normalized spacial score (nSPS) is 15.5. The molecule has 0 unspecified atom stereocenters. The Labute approximate surface area is 171 Å². The molecule has 3 aromatic rings. The fourth-order valence-electron chi connectivity index (χ4n) is 3.25. The highest BCUT2D eigenvalue weighted by atomic mass is 35.5. The zero-order valence-electron chi connectivity index (χ0n) is 14.8. The molecule has 0 radical (unpaired) electrons. The summed E-state index contributed by atoms with van der Waals surface area (Å²) < 4.78 is 7.81. The van der Waals surface area contributed by atoms with Gasteiger partial charge in [0.2, 0.25) is 0 Å². The van der Waals surface area contributed by atoms with Crippen molar-refractivity contribution in [2.75, 3.05) is 0 Å². The van der Waals surface area contributed by atoms with E-state index in [-0.39, 0.29) is 5.60 Å². The summed E-state index contributed by atoms with van der Waals surface area (Å²) in [4.78, 5) is 0. The summed E-state index contributed by atoms with van der Waals surface area (Å²) in [6.07, 6.45) is 2.31. The Hall–Kier alpha value is -1.78. The highest BCUT2D eigenvalue weighted by molar-refractivity contribution is 7.98. The van der Waals surface area contributed by atoms with Crippen molar-refractivity contribution < 1.29 is 4.74 Å². The van der Waals surface area contributed by atoms with E-state index in [1.165, 1.54) is 0 Å². The molecule has 1 aliphatic heterocycles. The van der Waals surface area contributed by atoms with Crippen molar-refractivity contribution in [1.29, 1.82) is 5.26 Å². The van der Waals surface area contributed by atoms with Crippen molar-refractivity contribution in [1.82, 2.24) is 14.6 Å². The largest absolute Gasteiger partial charge is 0.370 e. The van der Waals surface area contributed by atoms with E-state index in [2.05, 4.69) is 16.3 Å². The van der Waals surface area contributed by atoms with E-state index < -0.39 is 0 Å². The fourth-order valence-corrected chi connectivity index (χ4v) is 4.64. The maximum atomic E-state index is 9.92. The van der Waals surface area contributed by atoms with Gasteiger partial charge in [-0.3, -0.25) is 4.40 Å². The molecule has 0 fully saturated rings. The molecule has 4 rings (SSSR count). The van der Waals surface area contributed by atoms with Crippen molar-refractivity contribution >= 4 is 40.6 Å². The maximum absolute atomic E-state index is 9.92. The van der Waals surface area contributed by atoms with E-state index in [4.69, 9.17) is 27.9 Å². The van der Waals surface area contributed by atoms with Crippen LogP contribution in [0.1, 0.15) is 36.1 Å². The third kappa shape index (κ3) is 3.41. The molecule has 0 saturated carbocycles. The first-order valence-corrected chi connectivity index (χ1v) is 10.1. The Morgan fingerprint density at radius 3 is 2.85 bits per heavy atom. The summed E-state index contributed by atoms with van der Waals surface area (Å²) in [7, 11) is 0. The van der Waals surface area contributed by atoms with E-state index in [9.17, 15) is 5.26 Å². The summed E-state index contributed by atoms with van der Waals surface area (Å²) in [5, 5.41) is 20.1. The van der Waals surface area contributed by atoms with Gasteiger partial charge in [-0.2, -0.15) is 5.26 Å². The molecule has 8 heteroatoms. The highest BCUT2D eigenvalue weighted by Crippen LogP contribution is 2.38. The Balaban J connectivity index is 1.79. The molecule has 0 N–H and O–H groups in total. The third-order valence-corrected chi connectivity index (χ3v) is 6.49. The number of nitrogens with zero attached hydrogens (tertiary/aromatic N) is 4. The SMILES string of the molecule is CC1(C)Cc2c(C#N)c(SCc3ccc(Cl)c(Cl)c3)n3cnnc3c2CO1. The summed E-state index contributed by atoms with van der Waals surface area (Å²) in [6.45, 7) is 4.50. The van der Waals surface area contributed by atoms with Crippen LogP contribution in [0, 0.1) is 11.3 Å². The first-order valence-electron chi connectivity index (χ1n) is 8.38. The molecule has 5 nitrogen and oxygen atoms in total. The van der Waals surface area contributed by atoms with Crippen LogP contribution >= 0.6 is 35.0 Å². The van der Waals surface area contributed by atoms with Crippen LogP contribution in [0.3, 0.4) is 0 Å². The quantitative estimate of drug-likeness (QED) is 0.556. The molecule has 27 heavy (non-hydrogen) atoms. The van der Waals surface area contributed by atoms with E-state index >= 15 is 0 Å². The number of benzene rings is 1. The summed E-state index contributed by atoms with van der Waals surface area (Å²) >= 11 is 13.7. The van der Waals surface area contributed by atoms with Gasteiger partial charge in [0, 0.05) is 17.7 Å². The molecule has 0 atom stereocenters. The second-order valence-corrected chi connectivity index (χ2v) is 8.81. The van der Waals surface area contributed by atoms with Gasteiger partial charge in [0.05, 0.1) is 27.8 Å². The van der Waals surface area contributed by atoms with Gasteiger partial charge in [0.25, 0.3) is 0 Å². The first kappa shape index (κ1) is 18.6. The summed E-state index contributed by atoms with van der Waals surface area (Å²) in [5.41, 5.74) is 4.08. The predicted molar refractivity (Wildman–Crippen MR) is 106 cm³/mol. The van der Waals surface area contributed by atoms with Gasteiger partial charge in [0.15, 0.2) is 5.65 Å². The monoisotopic (exact) mass is 418 g/mol. The van der Waals surface area contributed by atoms with Crippen LogP contribution in [-0.2, 0) is 23.5 Å². The molecule has 0 saturated heterocycles. The van der Waals surface area contributed by atoms with Crippen LogP contribution in [0.5, 0.6) is 0 Å². The Morgan fingerprint density at radius 1 is 1.30 bits per heavy atom. The molecule has 138 valence electrons. The van der Waals surface area contributed by atoms with Crippen LogP contribution in [0.2, 0.25) is 10.0 Å². The zero-order valence-corrected chi connectivity index (χ0v) is 17.1.